The van der Waals surface area contributed by atoms with E-state index in [2.05, 4.69) is 41.5 Å². The Balaban J connectivity index is 1.90. The third-order valence-electron chi connectivity index (χ3n) is 4.91. The Bertz CT molecular complexity index is 722. The minimum Gasteiger partial charge on any atom is -0.404 e. The molecule has 2 heterocycles. The average molecular weight is 344 g/mol. The molecule has 0 radical (unpaired) electrons. The van der Waals surface area contributed by atoms with Crippen molar-refractivity contribution in [2.75, 3.05) is 19.6 Å². The molecule has 0 atom stereocenters. The number of likely N-dealkylation sites (tertiary alicyclic amines) is 1. The van der Waals surface area contributed by atoms with Gasteiger partial charge in [0.05, 0.1) is 0 Å². The third-order valence-corrected chi connectivity index (χ3v) is 5.16. The van der Waals surface area contributed by atoms with E-state index in [0.29, 0.717) is 0 Å². The van der Waals surface area contributed by atoms with Crippen LogP contribution in [0.1, 0.15) is 36.2 Å². The van der Waals surface area contributed by atoms with Crippen LogP contribution < -0.4 is 5.73 Å². The first-order chi connectivity index (χ1) is 11.6. The van der Waals surface area contributed by atoms with Gasteiger partial charge in [-0.05, 0) is 81.9 Å². The standard InChI is InChI=1S/C20H26ClN3/c1-15-12-20(17(13-22)14-23-10-4-3-5-11-23)16(2)24(15)19-8-6-18(21)7-9-19/h6-9,12-13H,3-5,10-11,14,22H2,1-2H3/b17-13+. The third kappa shape index (κ3) is 3.52. The Morgan fingerprint density at radius 1 is 1.12 bits per heavy atom. The number of hydrogen-bond acceptors (Lipinski definition) is 2. The molecule has 1 aromatic heterocycles. The highest BCUT2D eigenvalue weighted by atomic mass is 35.5. The molecule has 2 N–H and O–H groups in total. The molecule has 2 aromatic rings. The second-order valence-electron chi connectivity index (χ2n) is 6.63. The Kier molecular flexibility index (Phi) is 5.32. The fourth-order valence-corrected chi connectivity index (χ4v) is 3.79. The summed E-state index contributed by atoms with van der Waals surface area (Å²) in [6, 6.07) is 10.2. The van der Waals surface area contributed by atoms with Crippen LogP contribution in [0.4, 0.5) is 0 Å². The molecule has 1 saturated heterocycles. The highest BCUT2D eigenvalue weighted by Crippen LogP contribution is 2.27. The first kappa shape index (κ1) is 17.1. The van der Waals surface area contributed by atoms with E-state index in [0.717, 1.165) is 17.3 Å². The minimum absolute atomic E-state index is 0.758. The number of benzene rings is 1. The zero-order valence-corrected chi connectivity index (χ0v) is 15.3. The number of piperidine rings is 1. The van der Waals surface area contributed by atoms with Crippen molar-refractivity contribution in [3.8, 4) is 5.69 Å². The van der Waals surface area contributed by atoms with Crippen molar-refractivity contribution in [2.45, 2.75) is 33.1 Å². The normalized spacial score (nSPS) is 16.5. The Morgan fingerprint density at radius 3 is 2.42 bits per heavy atom. The van der Waals surface area contributed by atoms with Crippen molar-refractivity contribution < 1.29 is 0 Å². The minimum atomic E-state index is 0.758. The molecule has 0 amide bonds. The van der Waals surface area contributed by atoms with Gasteiger partial charge in [0.25, 0.3) is 0 Å². The largest absolute Gasteiger partial charge is 0.404 e. The fourth-order valence-electron chi connectivity index (χ4n) is 3.66. The summed E-state index contributed by atoms with van der Waals surface area (Å²) in [7, 11) is 0. The van der Waals surface area contributed by atoms with Crippen LogP contribution in [0.15, 0.2) is 36.5 Å². The lowest BCUT2D eigenvalue weighted by Gasteiger charge is -2.27. The van der Waals surface area contributed by atoms with Crippen molar-refractivity contribution in [3.05, 3.63) is 58.5 Å². The maximum atomic E-state index is 6.02. The maximum absolute atomic E-state index is 6.02. The lowest BCUT2D eigenvalue weighted by molar-refractivity contribution is 0.255. The van der Waals surface area contributed by atoms with Crippen LogP contribution in [0.25, 0.3) is 11.3 Å². The van der Waals surface area contributed by atoms with E-state index in [-0.39, 0.29) is 0 Å². The molecule has 0 bridgehead atoms. The summed E-state index contributed by atoms with van der Waals surface area (Å²) >= 11 is 6.02. The molecule has 0 saturated carbocycles. The predicted octanol–water partition coefficient (Wildman–Crippen LogP) is 4.53. The van der Waals surface area contributed by atoms with Crippen LogP contribution in [-0.2, 0) is 0 Å². The molecule has 0 spiro atoms. The van der Waals surface area contributed by atoms with Gasteiger partial charge in [0.1, 0.15) is 0 Å². The van der Waals surface area contributed by atoms with Crippen LogP contribution in [0.5, 0.6) is 0 Å². The number of hydrogen-bond donors (Lipinski definition) is 1. The van der Waals surface area contributed by atoms with E-state index in [1.807, 2.05) is 12.1 Å². The van der Waals surface area contributed by atoms with Gasteiger partial charge in [-0.25, -0.2) is 0 Å². The van der Waals surface area contributed by atoms with Crippen LogP contribution >= 0.6 is 11.6 Å². The molecule has 24 heavy (non-hydrogen) atoms. The highest BCUT2D eigenvalue weighted by molar-refractivity contribution is 6.30. The summed E-state index contributed by atoms with van der Waals surface area (Å²) in [6.07, 6.45) is 5.72. The zero-order valence-electron chi connectivity index (χ0n) is 14.6. The lowest BCUT2D eigenvalue weighted by Crippen LogP contribution is -2.31. The quantitative estimate of drug-likeness (QED) is 0.884. The van der Waals surface area contributed by atoms with E-state index < -0.39 is 0 Å². The van der Waals surface area contributed by atoms with Crippen molar-refractivity contribution >= 4 is 17.2 Å². The second-order valence-corrected chi connectivity index (χ2v) is 7.06. The van der Waals surface area contributed by atoms with Crippen LogP contribution in [0, 0.1) is 13.8 Å². The first-order valence-electron chi connectivity index (χ1n) is 8.68. The predicted molar refractivity (Wildman–Crippen MR) is 103 cm³/mol. The van der Waals surface area contributed by atoms with Crippen molar-refractivity contribution in [3.63, 3.8) is 0 Å². The van der Waals surface area contributed by atoms with Gasteiger partial charge in [-0.3, -0.25) is 4.90 Å². The number of halogens is 1. The second kappa shape index (κ2) is 7.45. The molecule has 1 aliphatic heterocycles. The Labute approximate surface area is 149 Å². The van der Waals surface area contributed by atoms with Crippen LogP contribution in [0.2, 0.25) is 5.02 Å². The summed E-state index contributed by atoms with van der Waals surface area (Å²) in [5.41, 5.74) is 12.0. The van der Waals surface area contributed by atoms with Gasteiger partial charge < -0.3 is 10.3 Å². The molecule has 4 heteroatoms. The van der Waals surface area contributed by atoms with Gasteiger partial charge in [-0.2, -0.15) is 0 Å². The van der Waals surface area contributed by atoms with Gasteiger partial charge >= 0.3 is 0 Å². The summed E-state index contributed by atoms with van der Waals surface area (Å²) in [5.74, 6) is 0. The summed E-state index contributed by atoms with van der Waals surface area (Å²) in [4.78, 5) is 2.51. The van der Waals surface area contributed by atoms with Crippen LogP contribution in [-0.4, -0.2) is 29.1 Å². The number of nitrogens with zero attached hydrogens (tertiary/aromatic N) is 2. The van der Waals surface area contributed by atoms with Crippen molar-refractivity contribution in [1.29, 1.82) is 0 Å². The monoisotopic (exact) mass is 343 g/mol. The molecular formula is C20H26ClN3. The summed E-state index contributed by atoms with van der Waals surface area (Å²) in [5, 5.41) is 0.758. The molecule has 1 aliphatic rings. The van der Waals surface area contributed by atoms with Gasteiger partial charge in [-0.1, -0.05) is 18.0 Å². The van der Waals surface area contributed by atoms with E-state index >= 15 is 0 Å². The first-order valence-corrected chi connectivity index (χ1v) is 9.06. The number of rotatable bonds is 4. The van der Waals surface area contributed by atoms with E-state index in [1.54, 1.807) is 6.20 Å². The molecule has 3 rings (SSSR count). The van der Waals surface area contributed by atoms with Gasteiger partial charge in [0.2, 0.25) is 0 Å². The Hall–Kier alpha value is -1.71. The molecule has 0 aliphatic carbocycles. The lowest BCUT2D eigenvalue weighted by atomic mass is 10.0. The molecule has 0 unspecified atom stereocenters. The molecule has 1 aromatic carbocycles. The smallest absolute Gasteiger partial charge is 0.0456 e. The van der Waals surface area contributed by atoms with Gasteiger partial charge in [-0.15, -0.1) is 0 Å². The maximum Gasteiger partial charge on any atom is 0.0456 e. The SMILES string of the molecule is Cc1cc(/C(=C/N)CN2CCCCC2)c(C)n1-c1ccc(Cl)cc1. The van der Waals surface area contributed by atoms with E-state index in [9.17, 15) is 0 Å². The summed E-state index contributed by atoms with van der Waals surface area (Å²) in [6.45, 7) is 7.58. The average Bonchev–Trinajstić information content (AvgIpc) is 2.89. The van der Waals surface area contributed by atoms with E-state index in [1.165, 1.54) is 54.9 Å². The number of aromatic nitrogens is 1. The van der Waals surface area contributed by atoms with Crippen LogP contribution in [0.3, 0.4) is 0 Å². The van der Waals surface area contributed by atoms with Gasteiger partial charge in [0.15, 0.2) is 0 Å². The zero-order chi connectivity index (χ0) is 17.1. The Morgan fingerprint density at radius 2 is 1.79 bits per heavy atom. The number of aryl methyl sites for hydroxylation is 1. The molecular weight excluding hydrogens is 318 g/mol. The topological polar surface area (TPSA) is 34.2 Å². The number of nitrogens with two attached hydrogens (primary N) is 1. The fraction of sp³-hybridized carbons (Fsp3) is 0.400. The summed E-state index contributed by atoms with van der Waals surface area (Å²) < 4.78 is 2.27. The van der Waals surface area contributed by atoms with Crippen molar-refractivity contribution in [2.24, 2.45) is 5.73 Å². The molecule has 3 nitrogen and oxygen atoms in total. The highest BCUT2D eigenvalue weighted by Gasteiger charge is 2.17. The van der Waals surface area contributed by atoms with E-state index in [4.69, 9.17) is 17.3 Å². The van der Waals surface area contributed by atoms with Crippen molar-refractivity contribution in [1.82, 2.24) is 9.47 Å². The molecule has 1 fully saturated rings. The molecule has 128 valence electrons. The van der Waals surface area contributed by atoms with Gasteiger partial charge in [0, 0.05) is 34.2 Å².